The van der Waals surface area contributed by atoms with Gasteiger partial charge in [-0.2, -0.15) is 0 Å². The van der Waals surface area contributed by atoms with Crippen LogP contribution in [0.2, 0.25) is 0 Å². The van der Waals surface area contributed by atoms with E-state index in [4.69, 9.17) is 5.11 Å². The van der Waals surface area contributed by atoms with Gasteiger partial charge < -0.3 is 15.7 Å². The van der Waals surface area contributed by atoms with Crippen LogP contribution in [-0.4, -0.2) is 35.0 Å². The fourth-order valence-corrected chi connectivity index (χ4v) is 2.04. The molecule has 4 amide bonds. The molecule has 1 aliphatic heterocycles. The Balaban J connectivity index is 2.17. The number of urea groups is 1. The number of nitrogens with one attached hydrogen (secondary N) is 3. The molecule has 1 unspecified atom stereocenters. The first-order chi connectivity index (χ1) is 10.2. The molecule has 8 heteroatoms. The van der Waals surface area contributed by atoms with E-state index in [-0.39, 0.29) is 5.56 Å². The maximum Gasteiger partial charge on any atom is 0.325 e. The quantitative estimate of drug-likeness (QED) is 0.580. The average Bonchev–Trinajstić information content (AvgIpc) is 2.72. The van der Waals surface area contributed by atoms with Gasteiger partial charge in [0.05, 0.1) is 0 Å². The summed E-state index contributed by atoms with van der Waals surface area (Å²) in [6.07, 6.45) is 0. The zero-order valence-electron chi connectivity index (χ0n) is 12.0. The molecule has 4 N–H and O–H groups in total. The number of rotatable bonds is 4. The second-order valence-electron chi connectivity index (χ2n) is 5.14. The summed E-state index contributed by atoms with van der Waals surface area (Å²) in [5.41, 5.74) is -0.427. The molecule has 116 valence electrons. The molecule has 0 saturated carbocycles. The van der Waals surface area contributed by atoms with Gasteiger partial charge in [-0.25, -0.2) is 4.79 Å². The topological polar surface area (TPSA) is 125 Å². The zero-order chi connectivity index (χ0) is 16.5. The lowest BCUT2D eigenvalue weighted by atomic mass is 9.91. The number of aliphatic carboxylic acids is 1. The van der Waals surface area contributed by atoms with Crippen molar-refractivity contribution >= 4 is 23.8 Å². The largest absolute Gasteiger partial charge is 0.480 e. The molecule has 2 atom stereocenters. The van der Waals surface area contributed by atoms with Gasteiger partial charge >= 0.3 is 12.0 Å². The summed E-state index contributed by atoms with van der Waals surface area (Å²) < 4.78 is 0. The van der Waals surface area contributed by atoms with E-state index in [0.29, 0.717) is 5.56 Å². The van der Waals surface area contributed by atoms with E-state index in [2.05, 4.69) is 16.0 Å². The third-order valence-corrected chi connectivity index (χ3v) is 3.49. The molecule has 8 nitrogen and oxygen atoms in total. The van der Waals surface area contributed by atoms with Crippen molar-refractivity contribution < 1.29 is 24.3 Å². The Kier molecular flexibility index (Phi) is 3.85. The summed E-state index contributed by atoms with van der Waals surface area (Å²) in [6, 6.07) is 4.40. The highest BCUT2D eigenvalue weighted by molar-refractivity contribution is 6.07. The smallest absolute Gasteiger partial charge is 0.325 e. The van der Waals surface area contributed by atoms with Gasteiger partial charge in [-0.3, -0.25) is 19.7 Å². The minimum atomic E-state index is -1.19. The predicted molar refractivity (Wildman–Crippen MR) is 75.0 cm³/mol. The van der Waals surface area contributed by atoms with Gasteiger partial charge in [0.25, 0.3) is 11.8 Å². The number of imide groups is 1. The monoisotopic (exact) mass is 305 g/mol. The molecule has 2 rings (SSSR count). The minimum Gasteiger partial charge on any atom is -0.480 e. The maximum atomic E-state index is 11.9. The van der Waals surface area contributed by atoms with Crippen molar-refractivity contribution in [1.82, 2.24) is 16.0 Å². The second kappa shape index (κ2) is 5.47. The van der Waals surface area contributed by atoms with E-state index >= 15 is 0 Å². The Hall–Kier alpha value is -2.90. The highest BCUT2D eigenvalue weighted by Gasteiger charge is 2.43. The lowest BCUT2D eigenvalue weighted by molar-refractivity contribution is -0.138. The Morgan fingerprint density at radius 1 is 1.23 bits per heavy atom. The predicted octanol–water partition coefficient (Wildman–Crippen LogP) is -0.0559. The molecule has 1 saturated heterocycles. The zero-order valence-corrected chi connectivity index (χ0v) is 12.0. The van der Waals surface area contributed by atoms with Gasteiger partial charge in [0.2, 0.25) is 0 Å². The van der Waals surface area contributed by atoms with Crippen LogP contribution in [0.25, 0.3) is 0 Å². The van der Waals surface area contributed by atoms with E-state index < -0.39 is 35.4 Å². The number of carboxylic acids is 1. The van der Waals surface area contributed by atoms with Crippen LogP contribution in [0, 0.1) is 0 Å². The highest BCUT2D eigenvalue weighted by Crippen LogP contribution is 2.24. The van der Waals surface area contributed by atoms with Crippen LogP contribution in [0.1, 0.15) is 29.8 Å². The highest BCUT2D eigenvalue weighted by atomic mass is 16.4. The van der Waals surface area contributed by atoms with Crippen molar-refractivity contribution in [2.24, 2.45) is 0 Å². The van der Waals surface area contributed by atoms with Crippen molar-refractivity contribution in [2.45, 2.75) is 25.4 Å². The van der Waals surface area contributed by atoms with Crippen molar-refractivity contribution in [3.63, 3.8) is 0 Å². The summed E-state index contributed by atoms with van der Waals surface area (Å²) in [7, 11) is 0. The van der Waals surface area contributed by atoms with Crippen molar-refractivity contribution in [1.29, 1.82) is 0 Å². The Labute approximate surface area is 125 Å². The van der Waals surface area contributed by atoms with Crippen LogP contribution >= 0.6 is 0 Å². The summed E-state index contributed by atoms with van der Waals surface area (Å²) in [6.45, 7) is 2.91. The normalized spacial score (nSPS) is 21.7. The molecule has 1 aromatic carbocycles. The first-order valence-corrected chi connectivity index (χ1v) is 6.52. The average molecular weight is 305 g/mol. The molecule has 1 heterocycles. The van der Waals surface area contributed by atoms with Gasteiger partial charge in [-0.1, -0.05) is 12.1 Å². The Morgan fingerprint density at radius 3 is 2.27 bits per heavy atom. The van der Waals surface area contributed by atoms with E-state index in [1.54, 1.807) is 6.92 Å². The van der Waals surface area contributed by atoms with Crippen LogP contribution in [-0.2, 0) is 15.1 Å². The van der Waals surface area contributed by atoms with Gasteiger partial charge in [0.1, 0.15) is 11.6 Å². The summed E-state index contributed by atoms with van der Waals surface area (Å²) in [4.78, 5) is 45.6. The first-order valence-electron chi connectivity index (χ1n) is 6.52. The Bertz CT molecular complexity index is 655. The number of amides is 4. The van der Waals surface area contributed by atoms with Gasteiger partial charge in [0, 0.05) is 5.56 Å². The lowest BCUT2D eigenvalue weighted by Crippen LogP contribution is -2.40. The molecular formula is C14H15N3O5. The van der Waals surface area contributed by atoms with Crippen LogP contribution in [0.15, 0.2) is 24.3 Å². The molecule has 0 radical (unpaired) electrons. The number of hydrogen-bond donors (Lipinski definition) is 4. The molecule has 0 aliphatic carbocycles. The van der Waals surface area contributed by atoms with Crippen LogP contribution in [0.5, 0.6) is 0 Å². The molecule has 0 aromatic heterocycles. The molecule has 0 bridgehead atoms. The first kappa shape index (κ1) is 15.5. The fraction of sp³-hybridized carbons (Fsp3) is 0.286. The summed E-state index contributed by atoms with van der Waals surface area (Å²) in [5, 5.41) is 15.7. The molecule has 22 heavy (non-hydrogen) atoms. The summed E-state index contributed by atoms with van der Waals surface area (Å²) >= 11 is 0. The third-order valence-electron chi connectivity index (χ3n) is 3.49. The molecular weight excluding hydrogens is 290 g/mol. The van der Waals surface area contributed by atoms with Gasteiger partial charge in [-0.15, -0.1) is 0 Å². The standard InChI is InChI=1S/C14H15N3O5/c1-7(11(19)20)15-10(18)8-3-5-9(6-4-8)14(2)12(21)16-13(22)17-14/h3-7H,1-2H3,(H,15,18)(H,19,20)(H2,16,17,21,22)/t7-,14?/m1/s1. The van der Waals surface area contributed by atoms with Crippen molar-refractivity contribution in [3.8, 4) is 0 Å². The van der Waals surface area contributed by atoms with Crippen molar-refractivity contribution in [3.05, 3.63) is 35.4 Å². The minimum absolute atomic E-state index is 0.255. The molecule has 0 spiro atoms. The van der Waals surface area contributed by atoms with E-state index in [1.807, 2.05) is 0 Å². The van der Waals surface area contributed by atoms with E-state index in [0.717, 1.165) is 0 Å². The van der Waals surface area contributed by atoms with Crippen LogP contribution < -0.4 is 16.0 Å². The number of benzene rings is 1. The number of carbonyl (C=O) groups is 4. The van der Waals surface area contributed by atoms with Crippen molar-refractivity contribution in [2.75, 3.05) is 0 Å². The number of hydrogen-bond acceptors (Lipinski definition) is 4. The lowest BCUT2D eigenvalue weighted by Gasteiger charge is -2.21. The van der Waals surface area contributed by atoms with Crippen LogP contribution in [0.4, 0.5) is 4.79 Å². The second-order valence-corrected chi connectivity index (χ2v) is 5.14. The van der Waals surface area contributed by atoms with Gasteiger partial charge in [-0.05, 0) is 31.5 Å². The SMILES string of the molecule is C[C@@H](NC(=O)c1ccc(C2(C)NC(=O)NC2=O)cc1)C(=O)O. The maximum absolute atomic E-state index is 11.9. The number of carboxylic acid groups (broad SMARTS) is 1. The third kappa shape index (κ3) is 2.76. The molecule has 1 aliphatic rings. The fourth-order valence-electron chi connectivity index (χ4n) is 2.04. The van der Waals surface area contributed by atoms with E-state index in [1.165, 1.54) is 31.2 Å². The Morgan fingerprint density at radius 2 is 1.82 bits per heavy atom. The molecule has 1 aromatic rings. The summed E-state index contributed by atoms with van der Waals surface area (Å²) in [5.74, 6) is -2.15. The molecule has 1 fully saturated rings. The van der Waals surface area contributed by atoms with E-state index in [9.17, 15) is 19.2 Å². The number of carbonyl (C=O) groups excluding carboxylic acids is 3. The van der Waals surface area contributed by atoms with Crippen LogP contribution in [0.3, 0.4) is 0 Å². The van der Waals surface area contributed by atoms with Gasteiger partial charge in [0.15, 0.2) is 0 Å².